The van der Waals surface area contributed by atoms with E-state index in [0.717, 1.165) is 17.5 Å². The van der Waals surface area contributed by atoms with E-state index in [4.69, 9.17) is 12.2 Å². The molecule has 0 bridgehead atoms. The second kappa shape index (κ2) is 5.66. The van der Waals surface area contributed by atoms with Crippen LogP contribution in [-0.4, -0.2) is 9.55 Å². The second-order valence-electron chi connectivity index (χ2n) is 5.17. The number of benzene rings is 2. The SMILES string of the molecule is Cc1ccc2[nH]c(=S)n(CCc3ccccc3)c(=O)c2c1. The highest BCUT2D eigenvalue weighted by Gasteiger charge is 2.06. The number of hydrogen-bond donors (Lipinski definition) is 1. The maximum Gasteiger partial charge on any atom is 0.262 e. The Bertz CT molecular complexity index is 894. The van der Waals surface area contributed by atoms with Crippen molar-refractivity contribution in [2.45, 2.75) is 19.9 Å². The van der Waals surface area contributed by atoms with E-state index in [1.165, 1.54) is 5.56 Å². The van der Waals surface area contributed by atoms with Gasteiger partial charge in [0.1, 0.15) is 0 Å². The summed E-state index contributed by atoms with van der Waals surface area (Å²) in [6.07, 6.45) is 0.787. The van der Waals surface area contributed by atoms with Crippen molar-refractivity contribution in [1.82, 2.24) is 9.55 Å². The molecular weight excluding hydrogens is 280 g/mol. The lowest BCUT2D eigenvalue weighted by atomic mass is 10.1. The maximum atomic E-state index is 12.6. The Morgan fingerprint density at radius 2 is 1.90 bits per heavy atom. The molecule has 0 aliphatic heterocycles. The summed E-state index contributed by atoms with van der Waals surface area (Å²) in [5, 5.41) is 0.691. The van der Waals surface area contributed by atoms with E-state index in [0.29, 0.717) is 16.7 Å². The van der Waals surface area contributed by atoms with Gasteiger partial charge in [0.05, 0.1) is 10.9 Å². The molecule has 2 aromatic carbocycles. The number of nitrogens with one attached hydrogen (secondary N) is 1. The third-order valence-electron chi connectivity index (χ3n) is 3.60. The van der Waals surface area contributed by atoms with Crippen LogP contribution in [0.1, 0.15) is 11.1 Å². The van der Waals surface area contributed by atoms with Gasteiger partial charge in [0.2, 0.25) is 0 Å². The Kier molecular flexibility index (Phi) is 3.71. The van der Waals surface area contributed by atoms with Crippen molar-refractivity contribution in [3.63, 3.8) is 0 Å². The summed E-state index contributed by atoms with van der Waals surface area (Å²) in [6.45, 7) is 2.57. The first-order valence-electron chi connectivity index (χ1n) is 6.92. The van der Waals surface area contributed by atoms with Crippen molar-refractivity contribution in [2.75, 3.05) is 0 Å². The number of aryl methyl sites for hydroxylation is 2. The topological polar surface area (TPSA) is 37.8 Å². The number of fused-ring (bicyclic) bond motifs is 1. The number of nitrogens with zero attached hydrogens (tertiary/aromatic N) is 1. The van der Waals surface area contributed by atoms with E-state index in [9.17, 15) is 4.79 Å². The second-order valence-corrected chi connectivity index (χ2v) is 5.56. The van der Waals surface area contributed by atoms with E-state index in [-0.39, 0.29) is 5.56 Å². The van der Waals surface area contributed by atoms with Crippen molar-refractivity contribution >= 4 is 23.1 Å². The minimum Gasteiger partial charge on any atom is -0.332 e. The summed E-state index contributed by atoms with van der Waals surface area (Å²) in [7, 11) is 0. The third-order valence-corrected chi connectivity index (χ3v) is 3.93. The van der Waals surface area contributed by atoms with Gasteiger partial charge in [-0.25, -0.2) is 0 Å². The van der Waals surface area contributed by atoms with E-state index in [1.807, 2.05) is 43.3 Å². The predicted molar refractivity (Wildman–Crippen MR) is 88.3 cm³/mol. The van der Waals surface area contributed by atoms with Crippen LogP contribution in [0.4, 0.5) is 0 Å². The molecule has 0 atom stereocenters. The van der Waals surface area contributed by atoms with E-state index >= 15 is 0 Å². The summed E-state index contributed by atoms with van der Waals surface area (Å²) < 4.78 is 2.12. The molecule has 0 amide bonds. The fraction of sp³-hybridized carbons (Fsp3) is 0.176. The van der Waals surface area contributed by atoms with Gasteiger partial charge in [0, 0.05) is 6.54 Å². The van der Waals surface area contributed by atoms with Gasteiger partial charge in [-0.05, 0) is 43.3 Å². The van der Waals surface area contributed by atoms with Gasteiger partial charge in [-0.1, -0.05) is 42.0 Å². The van der Waals surface area contributed by atoms with Crippen molar-refractivity contribution in [1.29, 1.82) is 0 Å². The summed E-state index contributed by atoms with van der Waals surface area (Å²) in [5.74, 6) is 0. The molecule has 1 aromatic heterocycles. The highest BCUT2D eigenvalue weighted by Crippen LogP contribution is 2.10. The first kappa shape index (κ1) is 13.8. The van der Waals surface area contributed by atoms with E-state index < -0.39 is 0 Å². The molecule has 1 heterocycles. The quantitative estimate of drug-likeness (QED) is 0.750. The molecular formula is C17H16N2OS. The Balaban J connectivity index is 2.02. The fourth-order valence-electron chi connectivity index (χ4n) is 2.45. The molecule has 3 rings (SSSR count). The molecule has 3 nitrogen and oxygen atoms in total. The fourth-order valence-corrected chi connectivity index (χ4v) is 2.74. The predicted octanol–water partition coefficient (Wildman–Crippen LogP) is 3.61. The lowest BCUT2D eigenvalue weighted by Gasteiger charge is -2.08. The molecule has 0 aliphatic rings. The zero-order chi connectivity index (χ0) is 14.8. The largest absolute Gasteiger partial charge is 0.332 e. The number of aromatic nitrogens is 2. The Morgan fingerprint density at radius 3 is 2.67 bits per heavy atom. The lowest BCUT2D eigenvalue weighted by molar-refractivity contribution is 0.652. The summed E-state index contributed by atoms with van der Waals surface area (Å²) in [4.78, 5) is 15.7. The number of rotatable bonds is 3. The molecule has 4 heteroatoms. The molecule has 106 valence electrons. The molecule has 0 fully saturated rings. The standard InChI is InChI=1S/C17H16N2OS/c1-12-7-8-15-14(11-12)16(20)19(17(21)18-15)10-9-13-5-3-2-4-6-13/h2-8,11H,9-10H2,1H3,(H,18,21). The van der Waals surface area contributed by atoms with Crippen LogP contribution < -0.4 is 5.56 Å². The zero-order valence-corrected chi connectivity index (χ0v) is 12.6. The molecule has 0 saturated heterocycles. The molecule has 0 radical (unpaired) electrons. The highest BCUT2D eigenvalue weighted by atomic mass is 32.1. The molecule has 0 saturated carbocycles. The van der Waals surface area contributed by atoms with E-state index in [2.05, 4.69) is 17.1 Å². The Labute approximate surface area is 127 Å². The van der Waals surface area contributed by atoms with Crippen molar-refractivity contribution in [3.8, 4) is 0 Å². The van der Waals surface area contributed by atoms with Crippen LogP contribution in [0, 0.1) is 11.7 Å². The zero-order valence-electron chi connectivity index (χ0n) is 11.8. The van der Waals surface area contributed by atoms with Crippen LogP contribution in [0.3, 0.4) is 0 Å². The first-order chi connectivity index (χ1) is 10.1. The number of aromatic amines is 1. The maximum absolute atomic E-state index is 12.6. The van der Waals surface area contributed by atoms with Crippen LogP contribution in [0.5, 0.6) is 0 Å². The Morgan fingerprint density at radius 1 is 1.14 bits per heavy atom. The molecule has 21 heavy (non-hydrogen) atoms. The van der Waals surface area contributed by atoms with Crippen molar-refractivity contribution < 1.29 is 0 Å². The molecule has 0 unspecified atom stereocenters. The van der Waals surface area contributed by atoms with Gasteiger partial charge in [0.25, 0.3) is 5.56 Å². The summed E-state index contributed by atoms with van der Waals surface area (Å²) >= 11 is 5.32. The van der Waals surface area contributed by atoms with E-state index in [1.54, 1.807) is 4.57 Å². The van der Waals surface area contributed by atoms with Crippen LogP contribution in [0.15, 0.2) is 53.3 Å². The smallest absolute Gasteiger partial charge is 0.262 e. The van der Waals surface area contributed by atoms with Crippen LogP contribution >= 0.6 is 12.2 Å². The lowest BCUT2D eigenvalue weighted by Crippen LogP contribution is -2.23. The van der Waals surface area contributed by atoms with Crippen LogP contribution in [0.25, 0.3) is 10.9 Å². The molecule has 0 aliphatic carbocycles. The van der Waals surface area contributed by atoms with Crippen LogP contribution in [-0.2, 0) is 13.0 Å². The van der Waals surface area contributed by atoms with Gasteiger partial charge in [-0.2, -0.15) is 0 Å². The minimum atomic E-state index is -0.0200. The average Bonchev–Trinajstić information content (AvgIpc) is 2.49. The normalized spacial score (nSPS) is 10.9. The average molecular weight is 296 g/mol. The first-order valence-corrected chi connectivity index (χ1v) is 7.33. The molecule has 0 spiro atoms. The molecule has 3 aromatic rings. The summed E-state index contributed by atoms with van der Waals surface area (Å²) in [5.41, 5.74) is 3.04. The van der Waals surface area contributed by atoms with Gasteiger partial charge in [-0.3, -0.25) is 9.36 Å². The number of hydrogen-bond acceptors (Lipinski definition) is 2. The van der Waals surface area contributed by atoms with Crippen LogP contribution in [0.2, 0.25) is 0 Å². The van der Waals surface area contributed by atoms with Gasteiger partial charge in [0.15, 0.2) is 4.77 Å². The Hall–Kier alpha value is -2.20. The van der Waals surface area contributed by atoms with Gasteiger partial charge < -0.3 is 4.98 Å². The van der Waals surface area contributed by atoms with Gasteiger partial charge >= 0.3 is 0 Å². The summed E-state index contributed by atoms with van der Waals surface area (Å²) in [6, 6.07) is 15.9. The minimum absolute atomic E-state index is 0.0200. The number of H-pyrrole nitrogens is 1. The van der Waals surface area contributed by atoms with Crippen molar-refractivity contribution in [2.24, 2.45) is 0 Å². The van der Waals surface area contributed by atoms with Gasteiger partial charge in [-0.15, -0.1) is 0 Å². The third kappa shape index (κ3) is 2.81. The van der Waals surface area contributed by atoms with Crippen molar-refractivity contribution in [3.05, 3.63) is 74.8 Å². The molecule has 1 N–H and O–H groups in total. The monoisotopic (exact) mass is 296 g/mol. The highest BCUT2D eigenvalue weighted by molar-refractivity contribution is 7.71.